The summed E-state index contributed by atoms with van der Waals surface area (Å²) in [6.07, 6.45) is 0.563. The number of anilines is 2. The van der Waals surface area contributed by atoms with Gasteiger partial charge in [-0.3, -0.25) is 15.4 Å². The molecule has 1 saturated heterocycles. The van der Waals surface area contributed by atoms with Crippen molar-refractivity contribution < 1.29 is 4.79 Å². The molecule has 1 aromatic rings. The first-order chi connectivity index (χ1) is 7.83. The van der Waals surface area contributed by atoms with Gasteiger partial charge in [0.15, 0.2) is 0 Å². The number of nitrogens with one attached hydrogen (secondary N) is 4. The number of amides is 1. The quantitative estimate of drug-likeness (QED) is 0.567. The highest BCUT2D eigenvalue weighted by atomic mass is 16.1. The van der Waals surface area contributed by atoms with Gasteiger partial charge in [0, 0.05) is 30.0 Å². The normalized spacial score (nSPS) is 19.6. The molecule has 4 N–H and O–H groups in total. The van der Waals surface area contributed by atoms with E-state index in [4.69, 9.17) is 0 Å². The van der Waals surface area contributed by atoms with Crippen LogP contribution in [0.2, 0.25) is 0 Å². The summed E-state index contributed by atoms with van der Waals surface area (Å²) in [7, 11) is 0. The molecule has 0 aliphatic carbocycles. The van der Waals surface area contributed by atoms with Crippen LogP contribution in [-0.4, -0.2) is 25.3 Å². The van der Waals surface area contributed by atoms with Gasteiger partial charge in [-0.25, -0.2) is 0 Å². The summed E-state index contributed by atoms with van der Waals surface area (Å²) in [6.45, 7) is 1.92. The first-order valence-corrected chi connectivity index (χ1v) is 5.48. The van der Waals surface area contributed by atoms with Crippen molar-refractivity contribution in [2.45, 2.75) is 12.7 Å². The minimum absolute atomic E-state index is 0.0663. The number of hydrogen-bond donors (Lipinski definition) is 4. The van der Waals surface area contributed by atoms with Gasteiger partial charge in [-0.2, -0.15) is 0 Å². The summed E-state index contributed by atoms with van der Waals surface area (Å²) in [5.74, 6) is 0.0663. The van der Waals surface area contributed by atoms with Crippen LogP contribution in [0.5, 0.6) is 0 Å². The number of fused-ring (bicyclic) bond motifs is 1. The second-order valence-electron chi connectivity index (χ2n) is 4.04. The highest BCUT2D eigenvalue weighted by Gasteiger charge is 2.22. The second-order valence-corrected chi connectivity index (χ2v) is 4.04. The average molecular weight is 218 g/mol. The Bertz CT molecular complexity index is 426. The molecule has 16 heavy (non-hydrogen) atoms. The molecule has 2 aliphatic rings. The molecule has 84 valence electrons. The number of carbonyl (C=O) groups excluding carboxylic acids is 1. The summed E-state index contributed by atoms with van der Waals surface area (Å²) < 4.78 is 0. The zero-order valence-corrected chi connectivity index (χ0v) is 8.84. The van der Waals surface area contributed by atoms with Crippen LogP contribution in [0.3, 0.4) is 0 Å². The molecule has 0 atom stereocenters. The minimum atomic E-state index is 0.0663. The third kappa shape index (κ3) is 1.64. The van der Waals surface area contributed by atoms with E-state index in [9.17, 15) is 4.79 Å². The van der Waals surface area contributed by atoms with Gasteiger partial charge in [-0.05, 0) is 12.1 Å². The fourth-order valence-electron chi connectivity index (χ4n) is 2.15. The number of carbonyl (C=O) groups is 1. The molecule has 5 nitrogen and oxygen atoms in total. The SMILES string of the molecule is O=C1Cc2c(cccc2NC2NCCN2)N1. The molecule has 0 saturated carbocycles. The fourth-order valence-corrected chi connectivity index (χ4v) is 2.15. The lowest BCUT2D eigenvalue weighted by atomic mass is 10.1. The molecular weight excluding hydrogens is 204 g/mol. The number of hydrogen-bond acceptors (Lipinski definition) is 4. The van der Waals surface area contributed by atoms with E-state index in [2.05, 4.69) is 21.3 Å². The van der Waals surface area contributed by atoms with Crippen molar-refractivity contribution >= 4 is 17.3 Å². The highest BCUT2D eigenvalue weighted by Crippen LogP contribution is 2.29. The maximum Gasteiger partial charge on any atom is 0.228 e. The fraction of sp³-hybridized carbons (Fsp3) is 0.364. The topological polar surface area (TPSA) is 65.2 Å². The third-order valence-electron chi connectivity index (χ3n) is 2.91. The van der Waals surface area contributed by atoms with Crippen molar-refractivity contribution in [1.29, 1.82) is 0 Å². The summed E-state index contributed by atoms with van der Waals surface area (Å²) in [6, 6.07) is 5.88. The largest absolute Gasteiger partial charge is 0.357 e. The Morgan fingerprint density at radius 3 is 2.88 bits per heavy atom. The first-order valence-electron chi connectivity index (χ1n) is 5.48. The lowest BCUT2D eigenvalue weighted by molar-refractivity contribution is -0.115. The van der Waals surface area contributed by atoms with Crippen molar-refractivity contribution in [3.63, 3.8) is 0 Å². The second kappa shape index (κ2) is 3.77. The Labute approximate surface area is 93.6 Å². The Hall–Kier alpha value is -1.59. The Balaban J connectivity index is 1.85. The van der Waals surface area contributed by atoms with Crippen LogP contribution in [0.4, 0.5) is 11.4 Å². The maximum atomic E-state index is 11.3. The monoisotopic (exact) mass is 218 g/mol. The van der Waals surface area contributed by atoms with Crippen LogP contribution < -0.4 is 21.3 Å². The number of rotatable bonds is 2. The van der Waals surface area contributed by atoms with E-state index in [0.717, 1.165) is 30.0 Å². The van der Waals surface area contributed by atoms with Crippen molar-refractivity contribution in [2.24, 2.45) is 0 Å². The molecule has 0 spiro atoms. The van der Waals surface area contributed by atoms with E-state index >= 15 is 0 Å². The van der Waals surface area contributed by atoms with E-state index < -0.39 is 0 Å². The van der Waals surface area contributed by atoms with E-state index in [1.165, 1.54) is 0 Å². The Kier molecular flexibility index (Phi) is 2.27. The zero-order valence-electron chi connectivity index (χ0n) is 8.84. The van der Waals surface area contributed by atoms with E-state index in [1.54, 1.807) is 0 Å². The van der Waals surface area contributed by atoms with Gasteiger partial charge in [-0.15, -0.1) is 0 Å². The van der Waals surface area contributed by atoms with Crippen LogP contribution in [0.1, 0.15) is 5.56 Å². The molecule has 0 unspecified atom stereocenters. The van der Waals surface area contributed by atoms with Crippen LogP contribution in [0.25, 0.3) is 0 Å². The van der Waals surface area contributed by atoms with Gasteiger partial charge in [-0.1, -0.05) is 6.07 Å². The predicted octanol–water partition coefficient (Wildman–Crippen LogP) is 0.0695. The molecule has 0 aromatic heterocycles. The Morgan fingerprint density at radius 1 is 1.25 bits per heavy atom. The van der Waals surface area contributed by atoms with E-state index in [1.807, 2.05) is 18.2 Å². The number of benzene rings is 1. The first kappa shape index (κ1) is 9.62. The lowest BCUT2D eigenvalue weighted by Crippen LogP contribution is -2.39. The third-order valence-corrected chi connectivity index (χ3v) is 2.91. The van der Waals surface area contributed by atoms with Crippen LogP contribution >= 0.6 is 0 Å². The molecule has 5 heteroatoms. The van der Waals surface area contributed by atoms with Crippen molar-refractivity contribution in [1.82, 2.24) is 10.6 Å². The minimum Gasteiger partial charge on any atom is -0.357 e. The molecule has 2 aliphatic heterocycles. The van der Waals surface area contributed by atoms with Gasteiger partial charge in [0.05, 0.1) is 6.42 Å². The van der Waals surface area contributed by atoms with Gasteiger partial charge >= 0.3 is 0 Å². The Morgan fingerprint density at radius 2 is 2.06 bits per heavy atom. The lowest BCUT2D eigenvalue weighted by Gasteiger charge is -2.16. The van der Waals surface area contributed by atoms with Gasteiger partial charge < -0.3 is 10.6 Å². The standard InChI is InChI=1S/C11H14N4O/c16-10-6-7-8(14-10)2-1-3-9(7)15-11-12-4-5-13-11/h1-3,11-13,15H,4-6H2,(H,14,16). The van der Waals surface area contributed by atoms with Crippen molar-refractivity contribution in [3.8, 4) is 0 Å². The highest BCUT2D eigenvalue weighted by molar-refractivity contribution is 6.01. The molecule has 0 radical (unpaired) electrons. The zero-order chi connectivity index (χ0) is 11.0. The summed E-state index contributed by atoms with van der Waals surface area (Å²) in [5, 5.41) is 12.8. The molecule has 2 heterocycles. The average Bonchev–Trinajstić information content (AvgIpc) is 2.86. The van der Waals surface area contributed by atoms with E-state index in [0.29, 0.717) is 6.42 Å². The smallest absolute Gasteiger partial charge is 0.228 e. The summed E-state index contributed by atoms with van der Waals surface area (Å²) >= 11 is 0. The molecule has 1 fully saturated rings. The van der Waals surface area contributed by atoms with Gasteiger partial charge in [0.1, 0.15) is 6.29 Å². The molecule has 0 bridgehead atoms. The van der Waals surface area contributed by atoms with Crippen molar-refractivity contribution in [3.05, 3.63) is 23.8 Å². The van der Waals surface area contributed by atoms with Crippen LogP contribution in [0, 0.1) is 0 Å². The summed E-state index contributed by atoms with van der Waals surface area (Å²) in [5.41, 5.74) is 3.00. The van der Waals surface area contributed by atoms with Gasteiger partial charge in [0.2, 0.25) is 5.91 Å². The van der Waals surface area contributed by atoms with Crippen LogP contribution in [0.15, 0.2) is 18.2 Å². The van der Waals surface area contributed by atoms with Crippen molar-refractivity contribution in [2.75, 3.05) is 23.7 Å². The maximum absolute atomic E-state index is 11.3. The summed E-state index contributed by atoms with van der Waals surface area (Å²) in [4.78, 5) is 11.3. The molecular formula is C11H14N4O. The van der Waals surface area contributed by atoms with Gasteiger partial charge in [0.25, 0.3) is 0 Å². The van der Waals surface area contributed by atoms with Crippen LogP contribution in [-0.2, 0) is 11.2 Å². The predicted molar refractivity (Wildman–Crippen MR) is 62.2 cm³/mol. The molecule has 1 aromatic carbocycles. The van der Waals surface area contributed by atoms with E-state index in [-0.39, 0.29) is 12.2 Å². The molecule has 1 amide bonds. The molecule has 3 rings (SSSR count).